The van der Waals surface area contributed by atoms with Crippen LogP contribution in [0.4, 0.5) is 0 Å². The summed E-state index contributed by atoms with van der Waals surface area (Å²) in [7, 11) is 0. The number of hydrogen-bond donors (Lipinski definition) is 0. The smallest absolute Gasteiger partial charge is 0.0366 e. The molecule has 0 N–H and O–H groups in total. The van der Waals surface area contributed by atoms with Crippen LogP contribution in [0.3, 0.4) is 0 Å². The lowest BCUT2D eigenvalue weighted by Gasteiger charge is -2.40. The van der Waals surface area contributed by atoms with Crippen molar-refractivity contribution < 1.29 is 0 Å². The van der Waals surface area contributed by atoms with E-state index >= 15 is 0 Å². The Labute approximate surface area is 148 Å². The van der Waals surface area contributed by atoms with Gasteiger partial charge in [-0.2, -0.15) is 0 Å². The van der Waals surface area contributed by atoms with Crippen molar-refractivity contribution in [1.29, 1.82) is 0 Å². The highest BCUT2D eigenvalue weighted by Gasteiger charge is 2.36. The quantitative estimate of drug-likeness (QED) is 0.594. The van der Waals surface area contributed by atoms with Gasteiger partial charge in [-0.15, -0.1) is 0 Å². The highest BCUT2D eigenvalue weighted by Crippen LogP contribution is 2.46. The maximum Gasteiger partial charge on any atom is 0.0366 e. The minimum atomic E-state index is 0.181. The second-order valence-corrected chi connectivity index (χ2v) is 7.95. The van der Waals surface area contributed by atoms with E-state index < -0.39 is 0 Å². The van der Waals surface area contributed by atoms with E-state index in [-0.39, 0.29) is 5.41 Å². The Kier molecular flexibility index (Phi) is 5.18. The van der Waals surface area contributed by atoms with Crippen LogP contribution in [0.15, 0.2) is 36.9 Å². The van der Waals surface area contributed by atoms with Gasteiger partial charge in [0.2, 0.25) is 0 Å². The molecule has 0 unspecified atom stereocenters. The minimum absolute atomic E-state index is 0.181. The van der Waals surface area contributed by atoms with Crippen LogP contribution in [-0.4, -0.2) is 18.0 Å². The van der Waals surface area contributed by atoms with Crippen molar-refractivity contribution in [2.24, 2.45) is 0 Å². The molecular formula is C23H33N. The number of allylic oxidation sites excluding steroid dienone is 1. The third-order valence-corrected chi connectivity index (χ3v) is 6.35. The maximum atomic E-state index is 4.44. The van der Waals surface area contributed by atoms with Gasteiger partial charge >= 0.3 is 0 Å². The zero-order chi connectivity index (χ0) is 17.2. The number of aryl methyl sites for hydroxylation is 1. The zero-order valence-electron chi connectivity index (χ0n) is 15.7. The molecular weight excluding hydrogens is 290 g/mol. The molecule has 0 radical (unpaired) electrons. The van der Waals surface area contributed by atoms with Crippen LogP contribution in [0, 0.1) is 6.92 Å². The monoisotopic (exact) mass is 323 g/mol. The summed E-state index contributed by atoms with van der Waals surface area (Å²) in [5.41, 5.74) is 6.96. The lowest BCUT2D eigenvalue weighted by Crippen LogP contribution is -2.31. The Hall–Kier alpha value is -1.50. The Morgan fingerprint density at radius 3 is 2.21 bits per heavy atom. The van der Waals surface area contributed by atoms with Crippen molar-refractivity contribution >= 4 is 5.70 Å². The number of hydrogen-bond acceptors (Lipinski definition) is 1. The minimum Gasteiger partial charge on any atom is -0.372 e. The van der Waals surface area contributed by atoms with Crippen molar-refractivity contribution in [3.8, 4) is 0 Å². The van der Waals surface area contributed by atoms with Gasteiger partial charge in [0.05, 0.1) is 0 Å². The summed E-state index contributed by atoms with van der Waals surface area (Å²) in [6, 6.07) is 7.01. The van der Waals surface area contributed by atoms with Gasteiger partial charge in [-0.1, -0.05) is 50.1 Å². The van der Waals surface area contributed by atoms with Gasteiger partial charge in [-0.25, -0.2) is 0 Å². The molecule has 130 valence electrons. The Balaban J connectivity index is 1.96. The fraction of sp³-hybridized carbons (Fsp3) is 0.565. The molecule has 2 aliphatic rings. The third kappa shape index (κ3) is 3.18. The van der Waals surface area contributed by atoms with Gasteiger partial charge in [0.25, 0.3) is 0 Å². The lowest BCUT2D eigenvalue weighted by molar-refractivity contribution is 0.325. The van der Waals surface area contributed by atoms with Crippen LogP contribution in [0.5, 0.6) is 0 Å². The van der Waals surface area contributed by atoms with E-state index in [2.05, 4.69) is 50.1 Å². The molecule has 1 heteroatoms. The third-order valence-electron chi connectivity index (χ3n) is 6.35. The molecule has 1 aliphatic carbocycles. The van der Waals surface area contributed by atoms with E-state index in [1.807, 2.05) is 0 Å². The number of nitrogens with zero attached hydrogens (tertiary/aromatic N) is 1. The highest BCUT2D eigenvalue weighted by atomic mass is 15.1. The molecule has 0 amide bonds. The van der Waals surface area contributed by atoms with Crippen molar-refractivity contribution in [2.75, 3.05) is 13.1 Å². The van der Waals surface area contributed by atoms with Crippen LogP contribution >= 0.6 is 0 Å². The SMILES string of the molecule is C=C(c1ccc(C)c(C2(C(=C)C)CCCCC2)c1)N1CCCCC1. The Morgan fingerprint density at radius 2 is 1.58 bits per heavy atom. The first-order valence-corrected chi connectivity index (χ1v) is 9.76. The van der Waals surface area contributed by atoms with Crippen LogP contribution in [0.1, 0.15) is 75.0 Å². The normalized spacial score (nSPS) is 20.7. The summed E-state index contributed by atoms with van der Waals surface area (Å²) in [4.78, 5) is 2.48. The van der Waals surface area contributed by atoms with Gasteiger partial charge in [-0.05, 0) is 68.7 Å². The van der Waals surface area contributed by atoms with E-state index in [9.17, 15) is 0 Å². The first-order valence-electron chi connectivity index (χ1n) is 9.76. The molecule has 1 aromatic carbocycles. The molecule has 0 aromatic heterocycles. The first-order chi connectivity index (χ1) is 11.5. The summed E-state index contributed by atoms with van der Waals surface area (Å²) in [5.74, 6) is 0. The number of piperidine rings is 1. The van der Waals surface area contributed by atoms with Crippen LogP contribution in [0.25, 0.3) is 5.70 Å². The molecule has 2 fully saturated rings. The largest absolute Gasteiger partial charge is 0.372 e. The molecule has 3 rings (SSSR count). The first kappa shape index (κ1) is 17.3. The van der Waals surface area contributed by atoms with E-state index in [1.165, 1.54) is 79.3 Å². The zero-order valence-corrected chi connectivity index (χ0v) is 15.7. The molecule has 1 aromatic rings. The fourth-order valence-corrected chi connectivity index (χ4v) is 4.74. The molecule has 0 spiro atoms. The van der Waals surface area contributed by atoms with Crippen LogP contribution in [0.2, 0.25) is 0 Å². The Morgan fingerprint density at radius 1 is 0.958 bits per heavy atom. The van der Waals surface area contributed by atoms with Gasteiger partial charge < -0.3 is 4.90 Å². The van der Waals surface area contributed by atoms with E-state index in [0.29, 0.717) is 0 Å². The number of benzene rings is 1. The van der Waals surface area contributed by atoms with Gasteiger partial charge in [-0.3, -0.25) is 0 Å². The second-order valence-electron chi connectivity index (χ2n) is 7.95. The summed E-state index contributed by atoms with van der Waals surface area (Å²) in [5, 5.41) is 0. The standard InChI is InChI=1S/C23H33N/c1-18(2)23(13-7-5-8-14-23)22-17-21(12-11-19(22)3)20(4)24-15-9-6-10-16-24/h11-12,17H,1,4-10,13-16H2,2-3H3. The number of rotatable bonds is 4. The van der Waals surface area contributed by atoms with Gasteiger partial charge in [0.15, 0.2) is 0 Å². The average molecular weight is 324 g/mol. The van der Waals surface area contributed by atoms with E-state index in [0.717, 1.165) is 13.1 Å². The van der Waals surface area contributed by atoms with Gasteiger partial charge in [0, 0.05) is 24.2 Å². The molecule has 1 aliphatic heterocycles. The second kappa shape index (κ2) is 7.17. The topological polar surface area (TPSA) is 3.24 Å². The van der Waals surface area contributed by atoms with E-state index in [1.54, 1.807) is 0 Å². The summed E-state index contributed by atoms with van der Waals surface area (Å²) in [6.07, 6.45) is 10.5. The maximum absolute atomic E-state index is 4.44. The molecule has 24 heavy (non-hydrogen) atoms. The fourth-order valence-electron chi connectivity index (χ4n) is 4.74. The summed E-state index contributed by atoms with van der Waals surface area (Å²) >= 11 is 0. The van der Waals surface area contributed by atoms with Crippen molar-refractivity contribution in [3.63, 3.8) is 0 Å². The van der Waals surface area contributed by atoms with Crippen LogP contribution < -0.4 is 0 Å². The summed E-state index contributed by atoms with van der Waals surface area (Å²) in [6.45, 7) is 15.7. The Bertz CT molecular complexity index is 613. The molecule has 1 heterocycles. The molecule has 0 atom stereocenters. The van der Waals surface area contributed by atoms with Crippen molar-refractivity contribution in [3.05, 3.63) is 53.6 Å². The van der Waals surface area contributed by atoms with Crippen LogP contribution in [-0.2, 0) is 5.41 Å². The number of likely N-dealkylation sites (tertiary alicyclic amines) is 1. The summed E-state index contributed by atoms with van der Waals surface area (Å²) < 4.78 is 0. The van der Waals surface area contributed by atoms with Crippen molar-refractivity contribution in [1.82, 2.24) is 4.90 Å². The molecule has 1 nitrogen and oxygen atoms in total. The average Bonchev–Trinajstić information content (AvgIpc) is 2.62. The van der Waals surface area contributed by atoms with Gasteiger partial charge in [0.1, 0.15) is 0 Å². The van der Waals surface area contributed by atoms with Crippen molar-refractivity contribution in [2.45, 2.75) is 70.6 Å². The predicted octanol–water partition coefficient (Wildman–Crippen LogP) is 6.23. The molecule has 1 saturated carbocycles. The predicted molar refractivity (Wildman–Crippen MR) is 105 cm³/mol. The van der Waals surface area contributed by atoms with E-state index in [4.69, 9.17) is 0 Å². The lowest BCUT2D eigenvalue weighted by atomic mass is 9.64. The molecule has 1 saturated heterocycles. The highest BCUT2D eigenvalue weighted by molar-refractivity contribution is 5.64. The molecule has 0 bridgehead atoms.